The second kappa shape index (κ2) is 12.4. The maximum Gasteiger partial charge on any atom is 0.407 e. The van der Waals surface area contributed by atoms with Crippen molar-refractivity contribution in [2.45, 2.75) is 64.0 Å². The van der Waals surface area contributed by atoms with Gasteiger partial charge >= 0.3 is 6.09 Å². The number of hydrogen-bond acceptors (Lipinski definition) is 8. The van der Waals surface area contributed by atoms with Crippen LogP contribution < -0.4 is 16.4 Å². The number of H-pyrrole nitrogens is 1. The molecular weight excluding hydrogens is 510 g/mol. The van der Waals surface area contributed by atoms with Crippen LogP contribution >= 0.6 is 0 Å². The Morgan fingerprint density at radius 1 is 1.00 bits per heavy atom. The smallest absolute Gasteiger partial charge is 0.407 e. The van der Waals surface area contributed by atoms with Crippen molar-refractivity contribution in [3.05, 3.63) is 60.2 Å². The monoisotopic (exact) mass is 547 g/mol. The van der Waals surface area contributed by atoms with Gasteiger partial charge in [0.05, 0.1) is 0 Å². The van der Waals surface area contributed by atoms with Crippen molar-refractivity contribution in [1.29, 1.82) is 0 Å². The third-order valence-electron chi connectivity index (χ3n) is 7.07. The van der Waals surface area contributed by atoms with Crippen molar-refractivity contribution in [3.63, 3.8) is 0 Å². The minimum Gasteiger partial charge on any atom is -0.444 e. The second-order valence-corrected chi connectivity index (χ2v) is 11.4. The van der Waals surface area contributed by atoms with Gasteiger partial charge in [-0.25, -0.2) is 4.79 Å². The van der Waals surface area contributed by atoms with Crippen LogP contribution in [0.3, 0.4) is 0 Å². The SMILES string of the molecule is CC(C)(C)OC(=O)NCC1CCC(C(=O)[C@](N)(Cc2ccccc2)C(=O)Nc2ccc(-c3nn[nH]n3)cc2)CC1. The Morgan fingerprint density at radius 2 is 1.68 bits per heavy atom. The van der Waals surface area contributed by atoms with Crippen LogP contribution in [0.15, 0.2) is 54.6 Å². The fourth-order valence-corrected chi connectivity index (χ4v) is 4.96. The summed E-state index contributed by atoms with van der Waals surface area (Å²) < 4.78 is 5.31. The van der Waals surface area contributed by atoms with Gasteiger partial charge in [0.25, 0.3) is 5.91 Å². The summed E-state index contributed by atoms with van der Waals surface area (Å²) in [6.45, 7) is 5.94. The van der Waals surface area contributed by atoms with Crippen molar-refractivity contribution < 1.29 is 19.1 Å². The van der Waals surface area contributed by atoms with Crippen LogP contribution in [0.1, 0.15) is 52.0 Å². The normalized spacial score (nSPS) is 18.8. The average Bonchev–Trinajstić information content (AvgIpc) is 3.47. The van der Waals surface area contributed by atoms with Crippen molar-refractivity contribution >= 4 is 23.5 Å². The molecule has 0 radical (unpaired) electrons. The van der Waals surface area contributed by atoms with E-state index < -0.39 is 23.1 Å². The van der Waals surface area contributed by atoms with Crippen molar-refractivity contribution in [3.8, 4) is 11.4 Å². The van der Waals surface area contributed by atoms with Crippen LogP contribution in [-0.2, 0) is 20.7 Å². The molecule has 0 unspecified atom stereocenters. The van der Waals surface area contributed by atoms with Gasteiger partial charge in [0.1, 0.15) is 5.60 Å². The van der Waals surface area contributed by atoms with Gasteiger partial charge in [0.2, 0.25) is 5.82 Å². The summed E-state index contributed by atoms with van der Waals surface area (Å²) in [5.41, 5.74) is 6.45. The van der Waals surface area contributed by atoms with E-state index in [1.807, 2.05) is 51.1 Å². The number of anilines is 1. The van der Waals surface area contributed by atoms with Crippen LogP contribution in [0.2, 0.25) is 0 Å². The Bertz CT molecular complexity index is 1280. The van der Waals surface area contributed by atoms with Gasteiger partial charge in [-0.1, -0.05) is 30.3 Å². The minimum absolute atomic E-state index is 0.0829. The third-order valence-corrected chi connectivity index (χ3v) is 7.07. The molecule has 1 fully saturated rings. The highest BCUT2D eigenvalue weighted by Gasteiger charge is 2.45. The predicted octanol–water partition coefficient (Wildman–Crippen LogP) is 3.65. The van der Waals surface area contributed by atoms with Crippen molar-refractivity contribution in [2.75, 3.05) is 11.9 Å². The van der Waals surface area contributed by atoms with Crippen LogP contribution in [0.4, 0.5) is 10.5 Å². The first-order valence-corrected chi connectivity index (χ1v) is 13.5. The number of carbonyl (C=O) groups excluding carboxylic acids is 3. The van der Waals surface area contributed by atoms with Gasteiger partial charge in [0.15, 0.2) is 11.3 Å². The van der Waals surface area contributed by atoms with E-state index in [2.05, 4.69) is 31.3 Å². The highest BCUT2D eigenvalue weighted by Crippen LogP contribution is 2.33. The van der Waals surface area contributed by atoms with Crippen molar-refractivity contribution in [1.82, 2.24) is 25.9 Å². The summed E-state index contributed by atoms with van der Waals surface area (Å²) in [4.78, 5) is 39.6. The summed E-state index contributed by atoms with van der Waals surface area (Å²) in [5, 5.41) is 19.5. The Balaban J connectivity index is 1.42. The van der Waals surface area contributed by atoms with E-state index in [0.29, 0.717) is 30.9 Å². The number of amides is 2. The number of aromatic nitrogens is 4. The zero-order valence-corrected chi connectivity index (χ0v) is 23.1. The molecule has 5 N–H and O–H groups in total. The Labute approximate surface area is 233 Å². The number of aromatic amines is 1. The zero-order valence-electron chi connectivity index (χ0n) is 23.1. The van der Waals surface area contributed by atoms with E-state index in [4.69, 9.17) is 10.5 Å². The number of alkyl carbamates (subject to hydrolysis) is 1. The number of hydrogen-bond donors (Lipinski definition) is 4. The molecule has 1 aromatic heterocycles. The number of rotatable bonds is 9. The van der Waals surface area contributed by atoms with Gasteiger partial charge in [0, 0.05) is 30.1 Å². The maximum absolute atomic E-state index is 13.9. The molecule has 3 aromatic rings. The largest absolute Gasteiger partial charge is 0.444 e. The van der Waals surface area contributed by atoms with Gasteiger partial charge in [-0.3, -0.25) is 9.59 Å². The second-order valence-electron chi connectivity index (χ2n) is 11.4. The number of Topliss-reactive ketones (excluding diaryl/α,β-unsaturated/α-hetero) is 1. The lowest BCUT2D eigenvalue weighted by molar-refractivity contribution is -0.136. The molecule has 1 saturated carbocycles. The Morgan fingerprint density at radius 3 is 2.27 bits per heavy atom. The average molecular weight is 548 g/mol. The minimum atomic E-state index is -1.75. The number of nitrogens with zero attached hydrogens (tertiary/aromatic N) is 3. The predicted molar refractivity (Wildman–Crippen MR) is 150 cm³/mol. The Hall–Kier alpha value is -4.12. The summed E-state index contributed by atoms with van der Waals surface area (Å²) in [7, 11) is 0. The molecule has 1 atom stereocenters. The molecule has 2 amide bonds. The molecule has 0 bridgehead atoms. The molecule has 2 aromatic carbocycles. The van der Waals surface area contributed by atoms with E-state index in [0.717, 1.165) is 24.0 Å². The van der Waals surface area contributed by atoms with Gasteiger partial charge in [-0.2, -0.15) is 5.21 Å². The topological polar surface area (TPSA) is 165 Å². The number of carbonyl (C=O) groups is 3. The van der Waals surface area contributed by atoms with Gasteiger partial charge in [-0.15, -0.1) is 10.2 Å². The lowest BCUT2D eigenvalue weighted by Crippen LogP contribution is -2.61. The fourth-order valence-electron chi connectivity index (χ4n) is 4.96. The summed E-state index contributed by atoms with van der Waals surface area (Å²) in [6.07, 6.45) is 2.32. The molecule has 1 aliphatic carbocycles. The number of benzene rings is 2. The third kappa shape index (κ3) is 7.50. The number of ketones is 1. The van der Waals surface area contributed by atoms with Crippen LogP contribution in [0, 0.1) is 11.8 Å². The summed E-state index contributed by atoms with van der Waals surface area (Å²) in [5.74, 6) is -0.511. The molecule has 1 aliphatic rings. The first-order valence-electron chi connectivity index (χ1n) is 13.5. The lowest BCUT2D eigenvalue weighted by atomic mass is 9.73. The molecule has 11 nitrogen and oxygen atoms in total. The van der Waals surface area contributed by atoms with E-state index >= 15 is 0 Å². The van der Waals surface area contributed by atoms with Crippen LogP contribution in [-0.4, -0.2) is 56.1 Å². The zero-order chi connectivity index (χ0) is 28.8. The molecular formula is C29H37N7O4. The summed E-state index contributed by atoms with van der Waals surface area (Å²) in [6, 6.07) is 16.2. The maximum atomic E-state index is 13.9. The first kappa shape index (κ1) is 28.9. The molecule has 0 spiro atoms. The molecule has 1 heterocycles. The van der Waals surface area contributed by atoms with Crippen molar-refractivity contribution in [2.24, 2.45) is 17.6 Å². The highest BCUT2D eigenvalue weighted by molar-refractivity contribution is 6.16. The number of tetrazole rings is 1. The molecule has 212 valence electrons. The fraction of sp³-hybridized carbons (Fsp3) is 0.448. The van der Waals surface area contributed by atoms with E-state index in [-0.39, 0.29) is 24.0 Å². The molecule has 0 saturated heterocycles. The molecule has 4 rings (SSSR count). The standard InChI is InChI=1S/C29H37N7O4/c1-28(2,3)40-27(39)31-18-20-9-11-21(12-10-20)24(37)29(30,17-19-7-5-4-6-8-19)26(38)32-23-15-13-22(14-16-23)25-33-35-36-34-25/h4-8,13-16,20-21H,9-12,17-18,30H2,1-3H3,(H,31,39)(H,32,38)(H,33,34,35,36)/t20?,21?,29-/m1/s1. The number of nitrogens with one attached hydrogen (secondary N) is 3. The van der Waals surface area contributed by atoms with Crippen LogP contribution in [0.5, 0.6) is 0 Å². The number of ether oxygens (including phenoxy) is 1. The van der Waals surface area contributed by atoms with E-state index in [9.17, 15) is 14.4 Å². The van der Waals surface area contributed by atoms with E-state index in [1.54, 1.807) is 24.3 Å². The quantitative estimate of drug-likeness (QED) is 0.295. The van der Waals surface area contributed by atoms with Gasteiger partial charge < -0.3 is 21.1 Å². The van der Waals surface area contributed by atoms with Crippen LogP contribution in [0.25, 0.3) is 11.4 Å². The molecule has 40 heavy (non-hydrogen) atoms. The highest BCUT2D eigenvalue weighted by atomic mass is 16.6. The Kier molecular flexibility index (Phi) is 8.93. The first-order chi connectivity index (χ1) is 19.0. The summed E-state index contributed by atoms with van der Waals surface area (Å²) >= 11 is 0. The molecule has 11 heteroatoms. The van der Waals surface area contributed by atoms with E-state index in [1.165, 1.54) is 0 Å². The molecule has 0 aliphatic heterocycles. The lowest BCUT2D eigenvalue weighted by Gasteiger charge is -2.34. The van der Waals surface area contributed by atoms with Gasteiger partial charge in [-0.05, 0) is 87.4 Å². The number of nitrogens with two attached hydrogens (primary N) is 1.